The van der Waals surface area contributed by atoms with Crippen LogP contribution in [0.15, 0.2) is 29.2 Å². The average molecular weight is 279 g/mol. The lowest BCUT2D eigenvalue weighted by molar-refractivity contribution is -0.148. The summed E-state index contributed by atoms with van der Waals surface area (Å²) in [6, 6.07) is 8.43. The Bertz CT molecular complexity index is 436. The van der Waals surface area contributed by atoms with Crippen LogP contribution in [0.1, 0.15) is 31.9 Å². The lowest BCUT2D eigenvalue weighted by Crippen LogP contribution is -2.25. The zero-order chi connectivity index (χ0) is 13.7. The topological polar surface area (TPSA) is 38.3 Å². The van der Waals surface area contributed by atoms with E-state index in [0.717, 1.165) is 18.7 Å². The molecule has 0 aromatic heterocycles. The van der Waals surface area contributed by atoms with Crippen molar-refractivity contribution in [2.75, 3.05) is 18.9 Å². The molecule has 3 nitrogen and oxygen atoms in total. The lowest BCUT2D eigenvalue weighted by atomic mass is 9.94. The highest BCUT2D eigenvalue weighted by atomic mass is 32.2. The van der Waals surface area contributed by atoms with Crippen molar-refractivity contribution in [3.63, 3.8) is 0 Å². The van der Waals surface area contributed by atoms with Crippen molar-refractivity contribution >= 4 is 17.7 Å². The van der Waals surface area contributed by atoms with Crippen molar-refractivity contribution in [2.45, 2.75) is 31.2 Å². The molecule has 0 spiro atoms. The van der Waals surface area contributed by atoms with E-state index in [9.17, 15) is 4.79 Å². The Hall–Kier alpha value is -1.00. The summed E-state index contributed by atoms with van der Waals surface area (Å²) in [7, 11) is 0. The van der Waals surface area contributed by atoms with Gasteiger partial charge in [-0.2, -0.15) is 0 Å². The van der Waals surface area contributed by atoms with E-state index in [1.807, 2.05) is 24.8 Å². The van der Waals surface area contributed by atoms with Gasteiger partial charge in [-0.25, -0.2) is 0 Å². The van der Waals surface area contributed by atoms with Crippen molar-refractivity contribution in [3.8, 4) is 0 Å². The predicted molar refractivity (Wildman–Crippen MR) is 78.3 cm³/mol. The van der Waals surface area contributed by atoms with E-state index >= 15 is 0 Å². The van der Waals surface area contributed by atoms with E-state index in [2.05, 4.69) is 30.4 Å². The van der Waals surface area contributed by atoms with Crippen molar-refractivity contribution in [1.82, 2.24) is 5.32 Å². The molecule has 1 aromatic carbocycles. The van der Waals surface area contributed by atoms with Gasteiger partial charge in [0.15, 0.2) is 0 Å². The van der Waals surface area contributed by atoms with Crippen LogP contribution in [0.5, 0.6) is 0 Å². The molecule has 0 aliphatic carbocycles. The van der Waals surface area contributed by atoms with Gasteiger partial charge in [-0.3, -0.25) is 4.79 Å². The average Bonchev–Trinajstić information content (AvgIpc) is 2.89. The van der Waals surface area contributed by atoms with E-state index < -0.39 is 0 Å². The van der Waals surface area contributed by atoms with Gasteiger partial charge in [-0.05, 0) is 37.3 Å². The number of hydrogen-bond acceptors (Lipinski definition) is 4. The molecule has 104 valence electrons. The maximum Gasteiger partial charge on any atom is 0.310 e. The minimum atomic E-state index is -0.0752. The molecule has 1 heterocycles. The normalized spacial score (nSPS) is 22.4. The fourth-order valence-electron chi connectivity index (χ4n) is 2.56. The minimum Gasteiger partial charge on any atom is -0.466 e. The zero-order valence-corrected chi connectivity index (χ0v) is 12.3. The van der Waals surface area contributed by atoms with Crippen molar-refractivity contribution in [3.05, 3.63) is 29.8 Å². The first-order valence-corrected chi connectivity index (χ1v) is 7.88. The van der Waals surface area contributed by atoms with E-state index in [1.54, 1.807) is 0 Å². The molecule has 2 unspecified atom stereocenters. The maximum atomic E-state index is 12.0. The molecular formula is C15H21NO2S. The highest BCUT2D eigenvalue weighted by molar-refractivity contribution is 7.99. The summed E-state index contributed by atoms with van der Waals surface area (Å²) in [5.74, 6) is 0.903. The van der Waals surface area contributed by atoms with Gasteiger partial charge in [0.2, 0.25) is 0 Å². The van der Waals surface area contributed by atoms with Gasteiger partial charge in [0, 0.05) is 10.9 Å². The van der Waals surface area contributed by atoms with E-state index in [-0.39, 0.29) is 17.9 Å². The monoisotopic (exact) mass is 279 g/mol. The van der Waals surface area contributed by atoms with Crippen LogP contribution in [0.3, 0.4) is 0 Å². The number of esters is 1. The third-order valence-corrected chi connectivity index (χ3v) is 4.34. The second-order valence-corrected chi connectivity index (χ2v) is 5.86. The molecule has 1 N–H and O–H groups in total. The van der Waals surface area contributed by atoms with Crippen molar-refractivity contribution < 1.29 is 9.53 Å². The fourth-order valence-corrected chi connectivity index (χ4v) is 3.41. The molecule has 1 aromatic rings. The molecule has 1 aliphatic rings. The van der Waals surface area contributed by atoms with Gasteiger partial charge in [0.1, 0.15) is 0 Å². The second kappa shape index (κ2) is 6.96. The maximum absolute atomic E-state index is 12.0. The predicted octanol–water partition coefficient (Wildman–Crippen LogP) is 3.01. The summed E-state index contributed by atoms with van der Waals surface area (Å²) in [5.41, 5.74) is 1.23. The van der Waals surface area contributed by atoms with Crippen LogP contribution in [0.25, 0.3) is 0 Å². The van der Waals surface area contributed by atoms with Crippen LogP contribution in [-0.2, 0) is 9.53 Å². The lowest BCUT2D eigenvalue weighted by Gasteiger charge is -2.21. The Morgan fingerprint density at radius 2 is 2.21 bits per heavy atom. The van der Waals surface area contributed by atoms with E-state index in [1.165, 1.54) is 10.5 Å². The first kappa shape index (κ1) is 14.4. The number of carbonyl (C=O) groups excluding carboxylic acids is 1. The number of ether oxygens (including phenoxy) is 1. The second-order valence-electron chi connectivity index (χ2n) is 4.55. The molecule has 0 saturated carbocycles. The standard InChI is InChI=1S/C15H21NO2S/c1-3-18-15(17)12-9-10-16-14(12)11-7-5-6-8-13(11)19-4-2/h5-8,12,14,16H,3-4,9-10H2,1-2H3. The summed E-state index contributed by atoms with van der Waals surface area (Å²) in [5, 5.41) is 3.45. The molecule has 0 radical (unpaired) electrons. The van der Waals surface area contributed by atoms with Crippen molar-refractivity contribution in [1.29, 1.82) is 0 Å². The van der Waals surface area contributed by atoms with Crippen molar-refractivity contribution in [2.24, 2.45) is 5.92 Å². The molecule has 4 heteroatoms. The van der Waals surface area contributed by atoms with Gasteiger partial charge in [0.25, 0.3) is 0 Å². The minimum absolute atomic E-state index is 0.0569. The summed E-state index contributed by atoms with van der Waals surface area (Å²) in [6.07, 6.45) is 0.856. The molecular weight excluding hydrogens is 258 g/mol. The van der Waals surface area contributed by atoms with Crippen LogP contribution >= 0.6 is 11.8 Å². The number of benzene rings is 1. The van der Waals surface area contributed by atoms with Crippen LogP contribution in [-0.4, -0.2) is 24.9 Å². The molecule has 1 fully saturated rings. The summed E-state index contributed by atoms with van der Waals surface area (Å²) in [4.78, 5) is 13.3. The molecule has 1 aliphatic heterocycles. The highest BCUT2D eigenvalue weighted by Crippen LogP contribution is 2.36. The quantitative estimate of drug-likeness (QED) is 0.664. The molecule has 2 atom stereocenters. The molecule has 19 heavy (non-hydrogen) atoms. The van der Waals surface area contributed by atoms with Gasteiger partial charge in [-0.15, -0.1) is 11.8 Å². The van der Waals surface area contributed by atoms with Gasteiger partial charge in [-0.1, -0.05) is 25.1 Å². The number of carbonyl (C=O) groups is 1. The first-order valence-electron chi connectivity index (χ1n) is 6.89. The fraction of sp³-hybridized carbons (Fsp3) is 0.533. The number of hydrogen-bond donors (Lipinski definition) is 1. The summed E-state index contributed by atoms with van der Waals surface area (Å²) in [6.45, 7) is 5.33. The third kappa shape index (κ3) is 3.31. The Labute approximate surface area is 119 Å². The Kier molecular flexibility index (Phi) is 5.28. The van der Waals surface area contributed by atoms with Gasteiger partial charge >= 0.3 is 5.97 Å². The Balaban J connectivity index is 2.22. The first-order chi connectivity index (χ1) is 9.27. The molecule has 1 saturated heterocycles. The highest BCUT2D eigenvalue weighted by Gasteiger charge is 2.35. The zero-order valence-electron chi connectivity index (χ0n) is 11.5. The Morgan fingerprint density at radius 1 is 1.42 bits per heavy atom. The molecule has 0 amide bonds. The SMILES string of the molecule is CCOC(=O)C1CCNC1c1ccccc1SCC. The molecule has 2 rings (SSSR count). The summed E-state index contributed by atoms with van der Waals surface area (Å²) < 4.78 is 5.19. The third-order valence-electron chi connectivity index (χ3n) is 3.37. The smallest absolute Gasteiger partial charge is 0.310 e. The number of nitrogens with one attached hydrogen (secondary N) is 1. The largest absolute Gasteiger partial charge is 0.466 e. The van der Waals surface area contributed by atoms with E-state index in [4.69, 9.17) is 4.74 Å². The summed E-state index contributed by atoms with van der Waals surface area (Å²) >= 11 is 1.82. The van der Waals surface area contributed by atoms with Crippen LogP contribution < -0.4 is 5.32 Å². The number of rotatable bonds is 5. The van der Waals surface area contributed by atoms with Crippen LogP contribution in [0.2, 0.25) is 0 Å². The van der Waals surface area contributed by atoms with Crippen LogP contribution in [0.4, 0.5) is 0 Å². The van der Waals surface area contributed by atoms with E-state index in [0.29, 0.717) is 6.61 Å². The van der Waals surface area contributed by atoms with Gasteiger partial charge < -0.3 is 10.1 Å². The molecule has 0 bridgehead atoms. The van der Waals surface area contributed by atoms with Crippen LogP contribution in [0, 0.1) is 5.92 Å². The number of thioether (sulfide) groups is 1. The Morgan fingerprint density at radius 3 is 2.95 bits per heavy atom. The van der Waals surface area contributed by atoms with Gasteiger partial charge in [0.05, 0.1) is 12.5 Å².